The Morgan fingerprint density at radius 2 is 2.60 bits per heavy atom. The molecule has 0 N–H and O–H groups in total. The Bertz CT molecular complexity index is 331. The normalized spacial score (nSPS) is 10.4. The highest BCUT2D eigenvalue weighted by molar-refractivity contribution is 5.47. The highest BCUT2D eigenvalue weighted by Gasteiger charge is 1.99. The van der Waals surface area contributed by atoms with Gasteiger partial charge in [0.25, 0.3) is 0 Å². The molecule has 0 aliphatic carbocycles. The van der Waals surface area contributed by atoms with Gasteiger partial charge in [0.15, 0.2) is 17.7 Å². The number of rotatable bonds is 1. The molecule has 0 spiro atoms. The maximum Gasteiger partial charge on any atom is 0.196 e. The number of nitrogens with zero attached hydrogens (tertiary/aromatic N) is 3. The summed E-state index contributed by atoms with van der Waals surface area (Å²) in [5.74, 6) is 0.699. The number of aromatic nitrogens is 3. The summed E-state index contributed by atoms with van der Waals surface area (Å²) in [6.45, 7) is 3.55. The van der Waals surface area contributed by atoms with E-state index in [4.69, 9.17) is 4.52 Å². The van der Waals surface area contributed by atoms with Gasteiger partial charge in [0.2, 0.25) is 0 Å². The van der Waals surface area contributed by atoms with Crippen molar-refractivity contribution in [1.82, 2.24) is 14.8 Å². The fraction of sp³-hybridized carbons (Fsp3) is 0. The van der Waals surface area contributed by atoms with Gasteiger partial charge in [-0.2, -0.15) is 0 Å². The van der Waals surface area contributed by atoms with Crippen molar-refractivity contribution in [1.29, 1.82) is 0 Å². The van der Waals surface area contributed by atoms with E-state index in [1.165, 1.54) is 10.9 Å². The first-order chi connectivity index (χ1) is 4.90. The molecular formula is C6H5N3O. The van der Waals surface area contributed by atoms with Gasteiger partial charge in [-0.25, -0.2) is 0 Å². The van der Waals surface area contributed by atoms with Crippen molar-refractivity contribution < 1.29 is 4.52 Å². The molecule has 0 saturated heterocycles. The lowest BCUT2D eigenvalue weighted by Gasteiger charge is -1.76. The largest absolute Gasteiger partial charge is 0.372 e. The van der Waals surface area contributed by atoms with Crippen molar-refractivity contribution in [2.24, 2.45) is 0 Å². The summed E-state index contributed by atoms with van der Waals surface area (Å²) in [7, 11) is 0. The standard InChI is InChI=1S/C6H5N3O/c1-2-5-3-6-8-7-4-9(6)10-5/h2-4H,1H2. The van der Waals surface area contributed by atoms with Crippen molar-refractivity contribution in [2.45, 2.75) is 0 Å². The molecule has 50 valence electrons. The highest BCUT2D eigenvalue weighted by Crippen LogP contribution is 2.06. The molecule has 10 heavy (non-hydrogen) atoms. The molecule has 2 rings (SSSR count). The summed E-state index contributed by atoms with van der Waals surface area (Å²) in [6, 6.07) is 1.76. The molecule has 0 unspecified atom stereocenters. The number of fused-ring (bicyclic) bond motifs is 1. The van der Waals surface area contributed by atoms with E-state index < -0.39 is 0 Å². The molecule has 0 aliphatic heterocycles. The maximum atomic E-state index is 5.13. The monoisotopic (exact) mass is 135 g/mol. The third-order valence-electron chi connectivity index (χ3n) is 1.22. The number of hydrogen-bond donors (Lipinski definition) is 0. The van der Waals surface area contributed by atoms with Gasteiger partial charge in [0.05, 0.1) is 0 Å². The van der Waals surface area contributed by atoms with Crippen LogP contribution in [0.1, 0.15) is 5.76 Å². The summed E-state index contributed by atoms with van der Waals surface area (Å²) in [4.78, 5) is 0. The van der Waals surface area contributed by atoms with Gasteiger partial charge in [0.1, 0.15) is 0 Å². The van der Waals surface area contributed by atoms with E-state index in [9.17, 15) is 0 Å². The van der Waals surface area contributed by atoms with Gasteiger partial charge >= 0.3 is 0 Å². The summed E-state index contributed by atoms with van der Waals surface area (Å²) in [5.41, 5.74) is 0.704. The molecule has 4 nitrogen and oxygen atoms in total. The zero-order valence-electron chi connectivity index (χ0n) is 5.19. The molecule has 4 heteroatoms. The van der Waals surface area contributed by atoms with Crippen LogP contribution in [0.5, 0.6) is 0 Å². The lowest BCUT2D eigenvalue weighted by molar-refractivity contribution is 0.369. The van der Waals surface area contributed by atoms with Crippen molar-refractivity contribution >= 4 is 11.7 Å². The quantitative estimate of drug-likeness (QED) is 0.585. The smallest absolute Gasteiger partial charge is 0.196 e. The first kappa shape index (κ1) is 5.22. The highest BCUT2D eigenvalue weighted by atomic mass is 16.5. The van der Waals surface area contributed by atoms with Crippen molar-refractivity contribution in [2.75, 3.05) is 0 Å². The Labute approximate surface area is 56.7 Å². The molecular weight excluding hydrogens is 130 g/mol. The average Bonchev–Trinajstić information content (AvgIpc) is 2.42. The summed E-state index contributed by atoms with van der Waals surface area (Å²) >= 11 is 0. The lowest BCUT2D eigenvalue weighted by Crippen LogP contribution is -1.68. The predicted molar refractivity (Wildman–Crippen MR) is 35.3 cm³/mol. The minimum Gasteiger partial charge on any atom is -0.372 e. The van der Waals surface area contributed by atoms with Gasteiger partial charge in [-0.05, 0) is 6.08 Å². The van der Waals surface area contributed by atoms with Crippen molar-refractivity contribution in [3.63, 3.8) is 0 Å². The third kappa shape index (κ3) is 0.556. The second kappa shape index (κ2) is 1.70. The van der Waals surface area contributed by atoms with E-state index in [-0.39, 0.29) is 0 Å². The van der Waals surface area contributed by atoms with E-state index in [0.29, 0.717) is 11.4 Å². The number of hydrogen-bond acceptors (Lipinski definition) is 3. The zero-order chi connectivity index (χ0) is 6.97. The Morgan fingerprint density at radius 1 is 1.70 bits per heavy atom. The molecule has 0 amide bonds. The summed E-state index contributed by atoms with van der Waals surface area (Å²) in [6.07, 6.45) is 3.12. The molecule has 0 saturated carbocycles. The van der Waals surface area contributed by atoms with Gasteiger partial charge in [-0.1, -0.05) is 6.58 Å². The third-order valence-corrected chi connectivity index (χ3v) is 1.22. The fourth-order valence-corrected chi connectivity index (χ4v) is 0.761. The van der Waals surface area contributed by atoms with Gasteiger partial charge in [-0.3, -0.25) is 0 Å². The zero-order valence-corrected chi connectivity index (χ0v) is 5.19. The second-order valence-electron chi connectivity index (χ2n) is 1.86. The summed E-state index contributed by atoms with van der Waals surface area (Å²) in [5, 5.41) is 7.38. The molecule has 2 aromatic rings. The van der Waals surface area contributed by atoms with Crippen LogP contribution in [-0.4, -0.2) is 14.8 Å². The SMILES string of the molecule is C=Cc1cc2nncn2o1. The van der Waals surface area contributed by atoms with Crippen LogP contribution in [0.25, 0.3) is 11.7 Å². The van der Waals surface area contributed by atoms with Crippen molar-refractivity contribution in [3.05, 3.63) is 24.7 Å². The van der Waals surface area contributed by atoms with Crippen LogP contribution in [0.4, 0.5) is 0 Å². The minimum absolute atomic E-state index is 0.699. The molecule has 0 atom stereocenters. The Balaban J connectivity index is 2.78. The maximum absolute atomic E-state index is 5.13. The van der Waals surface area contributed by atoms with E-state index >= 15 is 0 Å². The molecule has 0 fully saturated rings. The molecule has 0 radical (unpaired) electrons. The predicted octanol–water partition coefficient (Wildman–Crippen LogP) is 0.965. The van der Waals surface area contributed by atoms with E-state index in [1.807, 2.05) is 0 Å². The van der Waals surface area contributed by atoms with Gasteiger partial charge in [-0.15, -0.1) is 14.8 Å². The lowest BCUT2D eigenvalue weighted by atomic mass is 10.4. The van der Waals surface area contributed by atoms with Gasteiger partial charge in [0, 0.05) is 6.07 Å². The first-order valence-corrected chi connectivity index (χ1v) is 2.82. The van der Waals surface area contributed by atoms with E-state index in [1.54, 1.807) is 12.1 Å². The molecule has 0 bridgehead atoms. The van der Waals surface area contributed by atoms with Crippen LogP contribution >= 0.6 is 0 Å². The molecule has 0 aliphatic rings. The average molecular weight is 135 g/mol. The molecule has 0 aromatic carbocycles. The van der Waals surface area contributed by atoms with Crippen molar-refractivity contribution in [3.8, 4) is 0 Å². The van der Waals surface area contributed by atoms with Gasteiger partial charge < -0.3 is 4.52 Å². The Hall–Kier alpha value is -1.58. The molecule has 2 heterocycles. The van der Waals surface area contributed by atoms with E-state index in [2.05, 4.69) is 16.8 Å². The van der Waals surface area contributed by atoms with E-state index in [0.717, 1.165) is 0 Å². The Morgan fingerprint density at radius 3 is 3.30 bits per heavy atom. The van der Waals surface area contributed by atoms with Crippen LogP contribution in [0, 0.1) is 0 Å². The van der Waals surface area contributed by atoms with Crippen LogP contribution in [0.15, 0.2) is 23.5 Å². The molecule has 2 aromatic heterocycles. The summed E-state index contributed by atoms with van der Waals surface area (Å²) < 4.78 is 6.61. The second-order valence-corrected chi connectivity index (χ2v) is 1.86. The topological polar surface area (TPSA) is 43.3 Å². The fourth-order valence-electron chi connectivity index (χ4n) is 0.761. The van der Waals surface area contributed by atoms with Crippen LogP contribution in [-0.2, 0) is 0 Å². The van der Waals surface area contributed by atoms with Crippen LogP contribution < -0.4 is 0 Å². The first-order valence-electron chi connectivity index (χ1n) is 2.82. The van der Waals surface area contributed by atoms with Crippen LogP contribution in [0.2, 0.25) is 0 Å². The minimum atomic E-state index is 0.699. The Kier molecular flexibility index (Phi) is 0.887. The van der Waals surface area contributed by atoms with Crippen LogP contribution in [0.3, 0.4) is 0 Å².